The second kappa shape index (κ2) is 13.9. The lowest BCUT2D eigenvalue weighted by atomic mass is 10.2. The quantitative estimate of drug-likeness (QED) is 0.157. The highest BCUT2D eigenvalue weighted by molar-refractivity contribution is 7.92. The standard InChI is InChI=1S/C30H37F3N6O6S/c1-28(2,3)44-26(40)37-25(34)39(27(41)45-29(4,5)6)17-16-35-18-21-13-10-19-8-7-9-23(24(19)36-21)38-46(42,43)22-14-11-20(12-15-22)30(31,32)33/h7-15,35,38H,16-18H2,1-6H3,(H2,34,37,40). The minimum Gasteiger partial charge on any atom is -0.443 e. The predicted molar refractivity (Wildman–Crippen MR) is 166 cm³/mol. The highest BCUT2D eigenvalue weighted by atomic mass is 32.2. The van der Waals surface area contributed by atoms with Crippen LogP contribution >= 0.6 is 0 Å². The van der Waals surface area contributed by atoms with Gasteiger partial charge in [0.05, 0.1) is 27.4 Å². The Morgan fingerprint density at radius 3 is 2.15 bits per heavy atom. The van der Waals surface area contributed by atoms with Crippen LogP contribution in [0.1, 0.15) is 52.8 Å². The molecule has 0 saturated carbocycles. The number of guanidine groups is 1. The first kappa shape index (κ1) is 36.0. The third kappa shape index (κ3) is 10.6. The van der Waals surface area contributed by atoms with Crippen LogP contribution in [0.3, 0.4) is 0 Å². The number of nitrogens with two attached hydrogens (primary N) is 1. The molecule has 250 valence electrons. The number of carbonyl (C=O) groups is 2. The minimum atomic E-state index is -4.60. The van der Waals surface area contributed by atoms with Gasteiger partial charge in [-0.1, -0.05) is 18.2 Å². The summed E-state index contributed by atoms with van der Waals surface area (Å²) in [6, 6.07) is 11.4. The Morgan fingerprint density at radius 1 is 0.935 bits per heavy atom. The maximum absolute atomic E-state index is 13.0. The summed E-state index contributed by atoms with van der Waals surface area (Å²) in [5.74, 6) is -0.417. The Hall–Kier alpha value is -4.44. The van der Waals surface area contributed by atoms with Crippen molar-refractivity contribution in [2.45, 2.75) is 70.4 Å². The van der Waals surface area contributed by atoms with Crippen LogP contribution < -0.4 is 15.8 Å². The number of hydrogen-bond acceptors (Lipinski definition) is 8. The number of aromatic nitrogens is 1. The molecule has 3 aromatic rings. The fourth-order valence-electron chi connectivity index (χ4n) is 3.86. The van der Waals surface area contributed by atoms with Crippen LogP contribution in [0, 0.1) is 0 Å². The summed E-state index contributed by atoms with van der Waals surface area (Å²) in [6.07, 6.45) is -6.40. The van der Waals surface area contributed by atoms with Gasteiger partial charge in [0.25, 0.3) is 10.0 Å². The van der Waals surface area contributed by atoms with Gasteiger partial charge in [0.2, 0.25) is 5.96 Å². The molecule has 12 nitrogen and oxygen atoms in total. The summed E-state index contributed by atoms with van der Waals surface area (Å²) in [6.45, 7) is 10.3. The lowest BCUT2D eigenvalue weighted by molar-refractivity contribution is -0.137. The smallest absolute Gasteiger partial charge is 0.437 e. The lowest BCUT2D eigenvalue weighted by Gasteiger charge is -2.27. The molecule has 0 aliphatic heterocycles. The van der Waals surface area contributed by atoms with Crippen LogP contribution in [0.4, 0.5) is 28.4 Å². The van der Waals surface area contributed by atoms with Crippen LogP contribution in [0.5, 0.6) is 0 Å². The van der Waals surface area contributed by atoms with E-state index in [9.17, 15) is 31.2 Å². The van der Waals surface area contributed by atoms with E-state index in [0.29, 0.717) is 28.7 Å². The summed E-state index contributed by atoms with van der Waals surface area (Å²) in [5.41, 5.74) is 4.27. The number of amides is 2. The number of ether oxygens (including phenoxy) is 2. The molecule has 2 amide bonds. The van der Waals surface area contributed by atoms with Crippen molar-refractivity contribution in [3.05, 3.63) is 65.9 Å². The number of alkyl halides is 3. The maximum atomic E-state index is 13.0. The molecule has 2 aromatic carbocycles. The average Bonchev–Trinajstić information content (AvgIpc) is 2.90. The zero-order valence-electron chi connectivity index (χ0n) is 26.2. The molecule has 16 heteroatoms. The topological polar surface area (TPSA) is 165 Å². The number of nitrogens with zero attached hydrogens (tertiary/aromatic N) is 3. The van der Waals surface area contributed by atoms with Crippen LogP contribution in [-0.4, -0.2) is 60.7 Å². The molecular weight excluding hydrogens is 629 g/mol. The van der Waals surface area contributed by atoms with Crippen LogP contribution in [0.15, 0.2) is 64.5 Å². The van der Waals surface area contributed by atoms with E-state index in [4.69, 9.17) is 15.2 Å². The van der Waals surface area contributed by atoms with E-state index < -0.39 is 51.1 Å². The summed E-state index contributed by atoms with van der Waals surface area (Å²) in [4.78, 5) is 33.9. The molecule has 3 rings (SSSR count). The van der Waals surface area contributed by atoms with Crippen molar-refractivity contribution in [1.29, 1.82) is 0 Å². The fraction of sp³-hybridized carbons (Fsp3) is 0.400. The number of carbonyl (C=O) groups excluding carboxylic acids is 2. The van der Waals surface area contributed by atoms with Crippen LogP contribution in [-0.2, 0) is 32.2 Å². The lowest BCUT2D eigenvalue weighted by Crippen LogP contribution is -2.47. The Morgan fingerprint density at radius 2 is 1.57 bits per heavy atom. The Labute approximate surface area is 265 Å². The molecule has 0 atom stereocenters. The SMILES string of the molecule is CC(C)(C)OC(=O)N=C(N)N(CCNCc1ccc2cccc(NS(=O)(=O)c3ccc(C(F)(F)F)cc3)c2n1)C(=O)OC(C)(C)C. The first-order chi connectivity index (χ1) is 21.1. The third-order valence-electron chi connectivity index (χ3n) is 5.82. The number of aliphatic imine (C=N–C) groups is 1. The highest BCUT2D eigenvalue weighted by Crippen LogP contribution is 2.30. The zero-order chi connectivity index (χ0) is 34.5. The first-order valence-electron chi connectivity index (χ1n) is 14.0. The van der Waals surface area contributed by atoms with Gasteiger partial charge >= 0.3 is 18.4 Å². The number of hydrogen-bond donors (Lipinski definition) is 3. The molecule has 0 spiro atoms. The highest BCUT2D eigenvalue weighted by Gasteiger charge is 2.31. The van der Waals surface area contributed by atoms with Gasteiger partial charge < -0.3 is 20.5 Å². The molecular formula is C30H37F3N6O6S. The van der Waals surface area contributed by atoms with Crippen molar-refractivity contribution in [3.63, 3.8) is 0 Å². The van der Waals surface area contributed by atoms with Crippen molar-refractivity contribution in [3.8, 4) is 0 Å². The molecule has 0 saturated heterocycles. The normalized spacial score (nSPS) is 12.9. The Kier molecular flexibility index (Phi) is 10.9. The summed E-state index contributed by atoms with van der Waals surface area (Å²) in [7, 11) is -4.24. The van der Waals surface area contributed by atoms with Gasteiger partial charge in [0.15, 0.2) is 0 Å². The third-order valence-corrected chi connectivity index (χ3v) is 7.20. The summed E-state index contributed by atoms with van der Waals surface area (Å²) >= 11 is 0. The van der Waals surface area contributed by atoms with Crippen molar-refractivity contribution in [2.75, 3.05) is 17.8 Å². The Balaban J connectivity index is 1.74. The number of para-hydroxylation sites is 1. The van der Waals surface area contributed by atoms with Crippen molar-refractivity contribution >= 4 is 44.8 Å². The Bertz CT molecular complexity index is 1700. The average molecular weight is 667 g/mol. The van der Waals surface area contributed by atoms with Crippen LogP contribution in [0.25, 0.3) is 10.9 Å². The second-order valence-electron chi connectivity index (χ2n) is 12.1. The van der Waals surface area contributed by atoms with E-state index in [0.717, 1.165) is 17.0 Å². The van der Waals surface area contributed by atoms with Crippen molar-refractivity contribution in [2.24, 2.45) is 10.7 Å². The van der Waals surface area contributed by atoms with Gasteiger partial charge in [-0.15, -0.1) is 4.99 Å². The molecule has 0 unspecified atom stereocenters. The number of anilines is 1. The number of halogens is 3. The minimum absolute atomic E-state index is 0.0429. The summed E-state index contributed by atoms with van der Waals surface area (Å²) < 4.78 is 77.7. The van der Waals surface area contributed by atoms with Gasteiger partial charge in [-0.2, -0.15) is 13.2 Å². The molecule has 0 aliphatic carbocycles. The van der Waals surface area contributed by atoms with Gasteiger partial charge in [0.1, 0.15) is 11.2 Å². The van der Waals surface area contributed by atoms with Crippen molar-refractivity contribution < 1.29 is 40.7 Å². The van der Waals surface area contributed by atoms with Gasteiger partial charge in [-0.25, -0.2) is 27.9 Å². The van der Waals surface area contributed by atoms with Gasteiger partial charge in [-0.3, -0.25) is 4.72 Å². The maximum Gasteiger partial charge on any atom is 0.437 e. The van der Waals surface area contributed by atoms with E-state index in [1.807, 2.05) is 0 Å². The number of nitrogens with one attached hydrogen (secondary N) is 2. The van der Waals surface area contributed by atoms with Gasteiger partial charge in [-0.05, 0) is 77.9 Å². The molecule has 4 N–H and O–H groups in total. The van der Waals surface area contributed by atoms with E-state index in [1.165, 1.54) is 6.07 Å². The van der Waals surface area contributed by atoms with E-state index in [1.54, 1.807) is 65.8 Å². The molecule has 0 aliphatic rings. The number of pyridine rings is 1. The van der Waals surface area contributed by atoms with Crippen LogP contribution in [0.2, 0.25) is 0 Å². The number of benzene rings is 2. The number of sulfonamides is 1. The molecule has 1 aromatic heterocycles. The zero-order valence-corrected chi connectivity index (χ0v) is 27.0. The molecule has 1 heterocycles. The van der Waals surface area contributed by atoms with E-state index in [2.05, 4.69) is 20.0 Å². The molecule has 0 fully saturated rings. The first-order valence-corrected chi connectivity index (χ1v) is 15.5. The number of fused-ring (bicyclic) bond motifs is 1. The predicted octanol–water partition coefficient (Wildman–Crippen LogP) is 5.63. The molecule has 0 bridgehead atoms. The van der Waals surface area contributed by atoms with Crippen molar-refractivity contribution in [1.82, 2.24) is 15.2 Å². The largest absolute Gasteiger partial charge is 0.443 e. The summed E-state index contributed by atoms with van der Waals surface area (Å²) in [5, 5.41) is 3.71. The fourth-order valence-corrected chi connectivity index (χ4v) is 4.92. The number of rotatable bonds is 8. The van der Waals surface area contributed by atoms with E-state index >= 15 is 0 Å². The monoisotopic (exact) mass is 666 g/mol. The van der Waals surface area contributed by atoms with E-state index in [-0.39, 0.29) is 30.2 Å². The second-order valence-corrected chi connectivity index (χ2v) is 13.7. The molecule has 46 heavy (non-hydrogen) atoms. The molecule has 0 radical (unpaired) electrons. The van der Waals surface area contributed by atoms with Gasteiger partial charge in [0, 0.05) is 25.0 Å².